The number of aliphatic hydroxyl groups is 1. The number of ether oxygens (including phenoxy) is 1. The Hall–Kier alpha value is -0.870. The van der Waals surface area contributed by atoms with E-state index < -0.39 is 0 Å². The van der Waals surface area contributed by atoms with Gasteiger partial charge in [-0.15, -0.1) is 0 Å². The third-order valence-corrected chi connectivity index (χ3v) is 5.19. The van der Waals surface area contributed by atoms with E-state index in [2.05, 4.69) is 19.1 Å². The Morgan fingerprint density at radius 3 is 2.04 bits per heavy atom. The minimum Gasteiger partial charge on any atom is -0.396 e. The Balaban J connectivity index is 1.86. The lowest BCUT2D eigenvalue weighted by Gasteiger charge is -2.19. The molecule has 1 aliphatic heterocycles. The summed E-state index contributed by atoms with van der Waals surface area (Å²) in [5.41, 5.74) is 0. The number of amides is 1. The summed E-state index contributed by atoms with van der Waals surface area (Å²) >= 11 is 0. The van der Waals surface area contributed by atoms with E-state index in [0.29, 0.717) is 26.0 Å². The molecule has 1 aliphatic rings. The van der Waals surface area contributed by atoms with E-state index in [1.54, 1.807) is 4.90 Å². The number of carbonyl (C=O) groups excluding carboxylic acids is 1. The summed E-state index contributed by atoms with van der Waals surface area (Å²) in [5.74, 6) is 0.184. The Labute approximate surface area is 167 Å². The van der Waals surface area contributed by atoms with Crippen molar-refractivity contribution < 1.29 is 14.6 Å². The van der Waals surface area contributed by atoms with Crippen molar-refractivity contribution in [3.05, 3.63) is 12.2 Å². The fourth-order valence-corrected chi connectivity index (χ4v) is 3.38. The zero-order chi connectivity index (χ0) is 19.6. The van der Waals surface area contributed by atoms with Crippen LogP contribution in [0.15, 0.2) is 12.2 Å². The lowest BCUT2D eigenvalue weighted by atomic mass is 10.1. The van der Waals surface area contributed by atoms with Crippen LogP contribution in [0.4, 0.5) is 0 Å². The number of hydrogen-bond donors (Lipinski definition) is 1. The number of carbonyl (C=O) groups is 1. The summed E-state index contributed by atoms with van der Waals surface area (Å²) < 4.78 is 5.23. The van der Waals surface area contributed by atoms with Gasteiger partial charge in [-0.2, -0.15) is 0 Å². The van der Waals surface area contributed by atoms with Gasteiger partial charge in [-0.1, -0.05) is 70.4 Å². The second-order valence-corrected chi connectivity index (χ2v) is 7.79. The fraction of sp³-hybridized carbons (Fsp3) is 0.870. The molecule has 1 atom stereocenters. The van der Waals surface area contributed by atoms with Crippen LogP contribution in [0, 0.1) is 0 Å². The molecule has 0 aromatic heterocycles. The van der Waals surface area contributed by atoms with E-state index in [-0.39, 0.29) is 18.7 Å². The lowest BCUT2D eigenvalue weighted by Crippen LogP contribution is -2.34. The summed E-state index contributed by atoms with van der Waals surface area (Å²) in [5, 5.41) is 8.93. The first-order chi connectivity index (χ1) is 13.3. The van der Waals surface area contributed by atoms with Crippen molar-refractivity contribution in [2.75, 3.05) is 19.8 Å². The first-order valence-electron chi connectivity index (χ1n) is 11.5. The molecule has 0 saturated carbocycles. The predicted molar refractivity (Wildman–Crippen MR) is 113 cm³/mol. The van der Waals surface area contributed by atoms with Gasteiger partial charge in [-0.3, -0.25) is 4.79 Å². The molecular weight excluding hydrogens is 338 g/mol. The van der Waals surface area contributed by atoms with Crippen LogP contribution in [-0.2, 0) is 9.53 Å². The van der Waals surface area contributed by atoms with E-state index in [4.69, 9.17) is 9.84 Å². The van der Waals surface area contributed by atoms with Gasteiger partial charge >= 0.3 is 0 Å². The van der Waals surface area contributed by atoms with Crippen LogP contribution >= 0.6 is 0 Å². The van der Waals surface area contributed by atoms with Gasteiger partial charge in [0.2, 0.25) is 5.91 Å². The molecule has 0 aliphatic carbocycles. The molecule has 0 radical (unpaired) electrons. The third-order valence-electron chi connectivity index (χ3n) is 5.19. The fourth-order valence-electron chi connectivity index (χ4n) is 3.38. The molecule has 1 amide bonds. The van der Waals surface area contributed by atoms with E-state index in [1.165, 1.54) is 70.6 Å². The summed E-state index contributed by atoms with van der Waals surface area (Å²) in [7, 11) is 0. The van der Waals surface area contributed by atoms with Crippen LogP contribution in [0.2, 0.25) is 0 Å². The Bertz CT molecular complexity index is 380. The normalized spacial score (nSPS) is 16.1. The highest BCUT2D eigenvalue weighted by atomic mass is 16.6. The monoisotopic (exact) mass is 381 g/mol. The number of unbranched alkanes of at least 4 members (excludes halogenated alkanes) is 11. The first-order valence-corrected chi connectivity index (χ1v) is 11.5. The number of epoxide rings is 1. The minimum atomic E-state index is -0.0211. The number of nitrogens with zero attached hydrogens (tertiary/aromatic N) is 1. The highest BCUT2D eigenvalue weighted by Crippen LogP contribution is 2.18. The average Bonchev–Trinajstić information content (AvgIpc) is 3.50. The standard InChI is InChI=1S/C23H43NO3/c1-2-3-4-5-6-7-8-9-10-11-12-13-14-15-16-18-22(26)24(19-17-20-25)23-21-27-23/h9-10,23,25H,2-8,11-21H2,1H3. The van der Waals surface area contributed by atoms with Crippen molar-refractivity contribution in [3.8, 4) is 0 Å². The van der Waals surface area contributed by atoms with Gasteiger partial charge in [0.05, 0.1) is 6.61 Å². The second kappa shape index (κ2) is 17.2. The molecule has 1 N–H and O–H groups in total. The predicted octanol–water partition coefficient (Wildman–Crippen LogP) is 5.59. The van der Waals surface area contributed by atoms with Crippen LogP contribution in [-0.4, -0.2) is 41.9 Å². The van der Waals surface area contributed by atoms with Crippen LogP contribution in [0.3, 0.4) is 0 Å². The van der Waals surface area contributed by atoms with Gasteiger partial charge in [0.15, 0.2) is 6.23 Å². The molecule has 4 nitrogen and oxygen atoms in total. The van der Waals surface area contributed by atoms with Crippen molar-refractivity contribution in [1.82, 2.24) is 4.90 Å². The molecule has 0 aromatic carbocycles. The van der Waals surface area contributed by atoms with Gasteiger partial charge in [-0.05, 0) is 38.5 Å². The zero-order valence-corrected chi connectivity index (χ0v) is 17.7. The van der Waals surface area contributed by atoms with Gasteiger partial charge < -0.3 is 14.7 Å². The number of allylic oxidation sites excluding steroid dienone is 2. The quantitative estimate of drug-likeness (QED) is 0.180. The van der Waals surface area contributed by atoms with Gasteiger partial charge in [-0.25, -0.2) is 0 Å². The maximum atomic E-state index is 12.2. The summed E-state index contributed by atoms with van der Waals surface area (Å²) in [4.78, 5) is 14.0. The second-order valence-electron chi connectivity index (χ2n) is 7.79. The number of aliphatic hydroxyl groups excluding tert-OH is 1. The molecular formula is C23H43NO3. The molecule has 1 rings (SSSR count). The van der Waals surface area contributed by atoms with Crippen molar-refractivity contribution in [1.29, 1.82) is 0 Å². The highest BCUT2D eigenvalue weighted by molar-refractivity contribution is 5.76. The number of hydrogen-bond acceptors (Lipinski definition) is 3. The maximum absolute atomic E-state index is 12.2. The van der Waals surface area contributed by atoms with Crippen LogP contribution in [0.5, 0.6) is 0 Å². The lowest BCUT2D eigenvalue weighted by molar-refractivity contribution is -0.133. The SMILES string of the molecule is CCCCCCCCC=CCCCCCCCC(=O)N(CCCO)C1CO1. The van der Waals surface area contributed by atoms with Crippen molar-refractivity contribution in [2.24, 2.45) is 0 Å². The smallest absolute Gasteiger partial charge is 0.224 e. The van der Waals surface area contributed by atoms with Gasteiger partial charge in [0.1, 0.15) is 0 Å². The van der Waals surface area contributed by atoms with Crippen molar-refractivity contribution in [3.63, 3.8) is 0 Å². The molecule has 0 spiro atoms. The van der Waals surface area contributed by atoms with E-state index in [9.17, 15) is 4.79 Å². The first kappa shape index (κ1) is 24.2. The largest absolute Gasteiger partial charge is 0.396 e. The van der Waals surface area contributed by atoms with E-state index >= 15 is 0 Å². The average molecular weight is 382 g/mol. The van der Waals surface area contributed by atoms with E-state index in [1.807, 2.05) is 0 Å². The van der Waals surface area contributed by atoms with Crippen LogP contribution < -0.4 is 0 Å². The third kappa shape index (κ3) is 13.9. The molecule has 4 heteroatoms. The van der Waals surface area contributed by atoms with Crippen LogP contribution in [0.1, 0.15) is 103 Å². The Kier molecular flexibility index (Phi) is 15.4. The summed E-state index contributed by atoms with van der Waals surface area (Å²) in [6.07, 6.45) is 22.5. The van der Waals surface area contributed by atoms with Gasteiger partial charge in [0, 0.05) is 19.6 Å². The Morgan fingerprint density at radius 1 is 0.926 bits per heavy atom. The zero-order valence-electron chi connectivity index (χ0n) is 17.7. The van der Waals surface area contributed by atoms with Crippen molar-refractivity contribution >= 4 is 5.91 Å². The molecule has 0 aromatic rings. The summed E-state index contributed by atoms with van der Waals surface area (Å²) in [6.45, 7) is 3.67. The minimum absolute atomic E-state index is 0.0211. The molecule has 1 fully saturated rings. The summed E-state index contributed by atoms with van der Waals surface area (Å²) in [6, 6.07) is 0. The topological polar surface area (TPSA) is 53.1 Å². The molecule has 1 saturated heterocycles. The molecule has 158 valence electrons. The maximum Gasteiger partial charge on any atom is 0.224 e. The molecule has 1 unspecified atom stereocenters. The van der Waals surface area contributed by atoms with Crippen LogP contribution in [0.25, 0.3) is 0 Å². The highest BCUT2D eigenvalue weighted by Gasteiger charge is 2.32. The molecule has 0 bridgehead atoms. The van der Waals surface area contributed by atoms with Gasteiger partial charge in [0.25, 0.3) is 0 Å². The molecule has 27 heavy (non-hydrogen) atoms. The van der Waals surface area contributed by atoms with Crippen molar-refractivity contribution in [2.45, 2.75) is 109 Å². The van der Waals surface area contributed by atoms with E-state index in [0.717, 1.165) is 12.8 Å². The number of rotatable bonds is 19. The Morgan fingerprint density at radius 2 is 1.48 bits per heavy atom. The molecule has 1 heterocycles.